The van der Waals surface area contributed by atoms with Crippen LogP contribution in [0.5, 0.6) is 11.5 Å². The zero-order chi connectivity index (χ0) is 24.7. The van der Waals surface area contributed by atoms with Gasteiger partial charge < -0.3 is 9.15 Å². The Labute approximate surface area is 211 Å². The van der Waals surface area contributed by atoms with E-state index in [0.717, 1.165) is 11.3 Å². The lowest BCUT2D eigenvalue weighted by Crippen LogP contribution is -2.28. The van der Waals surface area contributed by atoms with Crippen LogP contribution in [0.15, 0.2) is 117 Å². The highest BCUT2D eigenvalue weighted by Gasteiger charge is 2.34. The second kappa shape index (κ2) is 10.9. The molecule has 8 heteroatoms. The van der Waals surface area contributed by atoms with Crippen LogP contribution in [0.4, 0.5) is 4.39 Å². The van der Waals surface area contributed by atoms with Crippen LogP contribution in [0, 0.1) is 5.82 Å². The molecule has 1 amide bonds. The summed E-state index contributed by atoms with van der Waals surface area (Å²) in [5.41, 5.74) is 1.10. The maximum Gasteiger partial charge on any atom is 0.267 e. The molecule has 0 atom stereocenters. The average Bonchev–Trinajstić information content (AvgIpc) is 3.50. The van der Waals surface area contributed by atoms with Crippen molar-refractivity contribution >= 4 is 35.1 Å². The lowest BCUT2D eigenvalue weighted by molar-refractivity contribution is -0.122. The molecule has 4 aromatic rings. The number of ether oxygens (including phenoxy) is 1. The van der Waals surface area contributed by atoms with Gasteiger partial charge in [0.1, 0.15) is 23.1 Å². The molecule has 1 aromatic heterocycles. The number of rotatable bonds is 7. The van der Waals surface area contributed by atoms with Gasteiger partial charge >= 0.3 is 0 Å². The van der Waals surface area contributed by atoms with Gasteiger partial charge in [-0.1, -0.05) is 48.5 Å². The number of amidine groups is 1. The molecule has 1 aliphatic rings. The average molecular weight is 498 g/mol. The zero-order valence-electron chi connectivity index (χ0n) is 19.0. The highest BCUT2D eigenvalue weighted by Crippen LogP contribution is 2.34. The number of hydrogen-bond donors (Lipinski definition) is 0. The van der Waals surface area contributed by atoms with Gasteiger partial charge in [0.2, 0.25) is 0 Å². The van der Waals surface area contributed by atoms with Crippen molar-refractivity contribution < 1.29 is 18.3 Å². The van der Waals surface area contributed by atoms with Gasteiger partial charge in [-0.2, -0.15) is 5.10 Å². The Hall–Kier alpha value is -4.43. The van der Waals surface area contributed by atoms with Crippen molar-refractivity contribution in [3.8, 4) is 11.5 Å². The fraction of sp³-hybridized carbons (Fsp3) is 0.0357. The molecule has 36 heavy (non-hydrogen) atoms. The van der Waals surface area contributed by atoms with E-state index in [0.29, 0.717) is 27.1 Å². The van der Waals surface area contributed by atoms with Gasteiger partial charge in [0.05, 0.1) is 23.9 Å². The van der Waals surface area contributed by atoms with E-state index in [-0.39, 0.29) is 12.5 Å². The van der Waals surface area contributed by atoms with Gasteiger partial charge in [-0.25, -0.2) is 4.39 Å². The number of carbonyl (C=O) groups is 1. The summed E-state index contributed by atoms with van der Waals surface area (Å²) >= 11 is 1.19. The lowest BCUT2D eigenvalue weighted by atomic mass is 10.2. The van der Waals surface area contributed by atoms with Gasteiger partial charge in [0.25, 0.3) is 5.91 Å². The summed E-state index contributed by atoms with van der Waals surface area (Å²) in [6.07, 6.45) is 4.65. The van der Waals surface area contributed by atoms with Crippen LogP contribution >= 0.6 is 11.8 Å². The van der Waals surface area contributed by atoms with Gasteiger partial charge in [-0.3, -0.25) is 9.69 Å². The largest absolute Gasteiger partial charge is 0.467 e. The smallest absolute Gasteiger partial charge is 0.267 e. The minimum atomic E-state index is -0.401. The van der Waals surface area contributed by atoms with Crippen molar-refractivity contribution in [2.24, 2.45) is 10.2 Å². The molecule has 0 spiro atoms. The minimum absolute atomic E-state index is 0.196. The standard InChI is InChI=1S/C28H20FN3O3S/c29-25-14-5-4-9-21(25)18-30-31-28-32(19-24-13-7-15-34-24)27(33)26(36-28)17-20-8-6-12-23(16-20)35-22-10-2-1-3-11-22/h1-18H,19H2/b26-17-,30-18-,31-28+. The molecule has 0 aliphatic carbocycles. The number of hydrogen-bond acceptors (Lipinski definition) is 6. The summed E-state index contributed by atoms with van der Waals surface area (Å²) in [6, 6.07) is 26.7. The molecule has 2 heterocycles. The fourth-order valence-corrected chi connectivity index (χ4v) is 4.38. The number of benzene rings is 3. The van der Waals surface area contributed by atoms with Crippen molar-refractivity contribution in [1.29, 1.82) is 0 Å². The highest BCUT2D eigenvalue weighted by atomic mass is 32.2. The van der Waals surface area contributed by atoms with Crippen LogP contribution < -0.4 is 4.74 Å². The molecule has 0 N–H and O–H groups in total. The number of nitrogens with zero attached hydrogens (tertiary/aromatic N) is 3. The molecule has 0 saturated carbocycles. The molecule has 5 rings (SSSR count). The second-order valence-corrected chi connectivity index (χ2v) is 8.73. The van der Waals surface area contributed by atoms with Crippen molar-refractivity contribution in [2.45, 2.75) is 6.54 Å². The summed E-state index contributed by atoms with van der Waals surface area (Å²) in [4.78, 5) is 15.2. The minimum Gasteiger partial charge on any atom is -0.467 e. The van der Waals surface area contributed by atoms with E-state index in [4.69, 9.17) is 9.15 Å². The number of halogens is 1. The van der Waals surface area contributed by atoms with Crippen LogP contribution in [-0.2, 0) is 11.3 Å². The zero-order valence-corrected chi connectivity index (χ0v) is 19.8. The van der Waals surface area contributed by atoms with Gasteiger partial charge in [-0.15, -0.1) is 5.10 Å². The normalized spacial score (nSPS) is 15.9. The van der Waals surface area contributed by atoms with Crippen LogP contribution in [0.2, 0.25) is 0 Å². The van der Waals surface area contributed by atoms with Crippen molar-refractivity contribution in [3.05, 3.63) is 125 Å². The first-order valence-corrected chi connectivity index (χ1v) is 11.9. The van der Waals surface area contributed by atoms with E-state index in [1.165, 1.54) is 28.9 Å². The molecule has 0 radical (unpaired) electrons. The quantitative estimate of drug-likeness (QED) is 0.162. The summed E-state index contributed by atoms with van der Waals surface area (Å²) in [6.45, 7) is 0.196. The number of amides is 1. The Bertz CT molecular complexity index is 1450. The van der Waals surface area contributed by atoms with E-state index in [2.05, 4.69) is 10.2 Å². The first-order chi connectivity index (χ1) is 17.7. The van der Waals surface area contributed by atoms with Crippen LogP contribution in [0.1, 0.15) is 16.9 Å². The topological polar surface area (TPSA) is 67.4 Å². The van der Waals surface area contributed by atoms with Crippen LogP contribution in [0.3, 0.4) is 0 Å². The molecule has 1 aliphatic heterocycles. The summed E-state index contributed by atoms with van der Waals surface area (Å²) in [7, 11) is 0. The third kappa shape index (κ3) is 5.61. The molecular formula is C28H20FN3O3S. The van der Waals surface area contributed by atoms with Crippen LogP contribution in [-0.4, -0.2) is 22.2 Å². The van der Waals surface area contributed by atoms with E-state index >= 15 is 0 Å². The van der Waals surface area contributed by atoms with Crippen LogP contribution in [0.25, 0.3) is 6.08 Å². The molecule has 0 bridgehead atoms. The third-order valence-electron chi connectivity index (χ3n) is 5.16. The SMILES string of the molecule is O=C1/C(=C/c2cccc(Oc3ccccc3)c2)S/C(=N/N=C\c2ccccc2F)N1Cc1ccco1. The first-order valence-electron chi connectivity index (χ1n) is 11.1. The molecule has 0 unspecified atom stereocenters. The second-order valence-electron chi connectivity index (χ2n) is 7.72. The van der Waals surface area contributed by atoms with E-state index in [1.807, 2.05) is 54.6 Å². The molecule has 1 saturated heterocycles. The van der Waals surface area contributed by atoms with Gasteiger partial charge in [0.15, 0.2) is 5.17 Å². The molecule has 6 nitrogen and oxygen atoms in total. The number of carbonyl (C=O) groups excluding carboxylic acids is 1. The summed E-state index contributed by atoms with van der Waals surface area (Å²) in [5, 5.41) is 8.62. The Balaban J connectivity index is 1.41. The van der Waals surface area contributed by atoms with Crippen molar-refractivity contribution in [2.75, 3.05) is 0 Å². The monoisotopic (exact) mass is 497 g/mol. The molecular weight excluding hydrogens is 477 g/mol. The van der Waals surface area contributed by atoms with Crippen molar-refractivity contribution in [1.82, 2.24) is 4.90 Å². The molecule has 3 aromatic carbocycles. The maximum absolute atomic E-state index is 13.9. The highest BCUT2D eigenvalue weighted by molar-refractivity contribution is 8.18. The first kappa shape index (κ1) is 23.3. The lowest BCUT2D eigenvalue weighted by Gasteiger charge is -2.12. The fourth-order valence-electron chi connectivity index (χ4n) is 3.44. The Morgan fingerprint density at radius 3 is 2.56 bits per heavy atom. The molecule has 178 valence electrons. The summed E-state index contributed by atoms with van der Waals surface area (Å²) in [5.74, 6) is 1.35. The van der Waals surface area contributed by atoms with Gasteiger partial charge in [-0.05, 0) is 65.9 Å². The summed E-state index contributed by atoms with van der Waals surface area (Å²) < 4.78 is 25.2. The maximum atomic E-state index is 13.9. The van der Waals surface area contributed by atoms with E-state index < -0.39 is 5.82 Å². The predicted molar refractivity (Wildman–Crippen MR) is 139 cm³/mol. The van der Waals surface area contributed by atoms with E-state index in [1.54, 1.807) is 42.7 Å². The Morgan fingerprint density at radius 1 is 0.944 bits per heavy atom. The third-order valence-corrected chi connectivity index (χ3v) is 6.16. The van der Waals surface area contributed by atoms with E-state index in [9.17, 15) is 9.18 Å². The number of thioether (sulfide) groups is 1. The predicted octanol–water partition coefficient (Wildman–Crippen LogP) is 6.72. The number of furan rings is 1. The Kier molecular flexibility index (Phi) is 7.05. The Morgan fingerprint density at radius 2 is 1.75 bits per heavy atom. The number of para-hydroxylation sites is 1. The van der Waals surface area contributed by atoms with Gasteiger partial charge in [0, 0.05) is 5.56 Å². The molecule has 1 fully saturated rings. The van der Waals surface area contributed by atoms with Crippen molar-refractivity contribution in [3.63, 3.8) is 0 Å².